The summed E-state index contributed by atoms with van der Waals surface area (Å²) in [6.07, 6.45) is 0. The number of esters is 1. The van der Waals surface area contributed by atoms with Crippen LogP contribution in [0.5, 0.6) is 5.75 Å². The van der Waals surface area contributed by atoms with Crippen LogP contribution in [0.1, 0.15) is 26.3 Å². The molecule has 0 saturated carbocycles. The van der Waals surface area contributed by atoms with E-state index >= 15 is 0 Å². The molecule has 2 rings (SSSR count). The first-order valence-electron chi connectivity index (χ1n) is 6.62. The number of aryl methyl sites for hydroxylation is 1. The van der Waals surface area contributed by atoms with Crippen LogP contribution in [-0.4, -0.2) is 30.5 Å². The molecule has 0 bridgehead atoms. The smallest absolute Gasteiger partial charge is 0.331 e. The second-order valence-electron chi connectivity index (χ2n) is 6.10. The molecule has 0 fully saturated rings. The molecule has 1 aliphatic heterocycles. The Bertz CT molecular complexity index is 547. The first-order valence-corrected chi connectivity index (χ1v) is 6.62. The Kier molecular flexibility index (Phi) is 3.70. The molecule has 0 aliphatic carbocycles. The van der Waals surface area contributed by atoms with Crippen molar-refractivity contribution in [1.29, 1.82) is 0 Å². The first kappa shape index (κ1) is 14.4. The van der Waals surface area contributed by atoms with Crippen molar-refractivity contribution in [3.8, 4) is 5.75 Å². The Hall–Kier alpha value is -2.04. The molecule has 108 valence electrons. The Morgan fingerprint density at radius 1 is 1.40 bits per heavy atom. The summed E-state index contributed by atoms with van der Waals surface area (Å²) in [5, 5.41) is 2.89. The topological polar surface area (TPSA) is 58.6 Å². The van der Waals surface area contributed by atoms with Crippen molar-refractivity contribution in [3.05, 3.63) is 23.8 Å². The molecule has 0 unspecified atom stereocenters. The lowest BCUT2D eigenvalue weighted by atomic mass is 10.1. The molecular formula is C15H20N2O3. The van der Waals surface area contributed by atoms with Crippen LogP contribution in [0, 0.1) is 6.92 Å². The summed E-state index contributed by atoms with van der Waals surface area (Å²) in [4.78, 5) is 25.4. The van der Waals surface area contributed by atoms with Crippen molar-refractivity contribution in [1.82, 2.24) is 5.32 Å². The highest BCUT2D eigenvalue weighted by Gasteiger charge is 2.26. The van der Waals surface area contributed by atoms with Gasteiger partial charge in [-0.1, -0.05) is 6.07 Å². The van der Waals surface area contributed by atoms with Crippen LogP contribution in [0.15, 0.2) is 18.2 Å². The van der Waals surface area contributed by atoms with E-state index in [1.807, 2.05) is 39.8 Å². The Balaban J connectivity index is 2.17. The second kappa shape index (κ2) is 5.15. The lowest BCUT2D eigenvalue weighted by Crippen LogP contribution is -2.48. The summed E-state index contributed by atoms with van der Waals surface area (Å²) in [7, 11) is 0. The summed E-state index contributed by atoms with van der Waals surface area (Å²) in [6, 6.07) is 5.62. The van der Waals surface area contributed by atoms with Gasteiger partial charge in [0.25, 0.3) is 0 Å². The number of nitrogens with zero attached hydrogens (tertiary/aromatic N) is 1. The molecule has 5 heteroatoms. The van der Waals surface area contributed by atoms with Gasteiger partial charge < -0.3 is 15.0 Å². The predicted octanol–water partition coefficient (Wildman–Crippen LogP) is 1.64. The quantitative estimate of drug-likeness (QED) is 0.659. The third-order valence-electron chi connectivity index (χ3n) is 2.85. The maximum absolute atomic E-state index is 12.0. The van der Waals surface area contributed by atoms with Crippen molar-refractivity contribution in [3.63, 3.8) is 0 Å². The number of nitrogens with one attached hydrogen (secondary N) is 1. The summed E-state index contributed by atoms with van der Waals surface area (Å²) in [5.41, 5.74) is 1.50. The number of benzene rings is 1. The number of fused-ring (bicyclic) bond motifs is 1. The Morgan fingerprint density at radius 3 is 2.75 bits per heavy atom. The third kappa shape index (κ3) is 3.50. The van der Waals surface area contributed by atoms with Crippen molar-refractivity contribution in [2.45, 2.75) is 33.2 Å². The summed E-state index contributed by atoms with van der Waals surface area (Å²) >= 11 is 0. The van der Waals surface area contributed by atoms with E-state index in [9.17, 15) is 9.59 Å². The minimum absolute atomic E-state index is 0.0909. The van der Waals surface area contributed by atoms with Crippen molar-refractivity contribution in [2.75, 3.05) is 18.0 Å². The Labute approximate surface area is 118 Å². The summed E-state index contributed by atoms with van der Waals surface area (Å²) in [5.74, 6) is 0.0650. The monoisotopic (exact) mass is 276 g/mol. The molecule has 5 nitrogen and oxygen atoms in total. The number of hydrogen-bond donors (Lipinski definition) is 1. The molecule has 20 heavy (non-hydrogen) atoms. The number of carbonyl (C=O) groups is 2. The van der Waals surface area contributed by atoms with Gasteiger partial charge in [-0.05, 0) is 45.4 Å². The first-order chi connectivity index (χ1) is 9.24. The van der Waals surface area contributed by atoms with Crippen molar-refractivity contribution in [2.24, 2.45) is 0 Å². The maximum atomic E-state index is 12.0. The van der Waals surface area contributed by atoms with E-state index < -0.39 is 0 Å². The number of carbonyl (C=O) groups excluding carboxylic acids is 2. The van der Waals surface area contributed by atoms with E-state index in [-0.39, 0.29) is 30.5 Å². The van der Waals surface area contributed by atoms with Gasteiger partial charge in [0.15, 0.2) is 5.75 Å². The summed E-state index contributed by atoms with van der Waals surface area (Å²) in [6.45, 7) is 7.93. The number of amides is 1. The molecule has 1 aromatic rings. The molecule has 1 N–H and O–H groups in total. The molecule has 1 amide bonds. The number of ether oxygens (including phenoxy) is 1. The standard InChI is InChI=1S/C15H20N2O3/c1-10-5-6-11-12(7-10)20-14(19)9-17(11)8-13(18)16-15(2,3)4/h5-7H,8-9H2,1-4H3,(H,16,18). The normalized spacial score (nSPS) is 14.6. The van der Waals surface area contributed by atoms with Gasteiger partial charge in [0.05, 0.1) is 12.2 Å². The molecular weight excluding hydrogens is 256 g/mol. The van der Waals surface area contributed by atoms with Crippen LogP contribution < -0.4 is 15.0 Å². The van der Waals surface area contributed by atoms with Crippen LogP contribution in [0.2, 0.25) is 0 Å². The molecule has 1 aromatic carbocycles. The molecule has 0 radical (unpaired) electrons. The van der Waals surface area contributed by atoms with Gasteiger partial charge in [0, 0.05) is 5.54 Å². The molecule has 1 heterocycles. The molecule has 0 spiro atoms. The van der Waals surface area contributed by atoms with Crippen LogP contribution >= 0.6 is 0 Å². The summed E-state index contributed by atoms with van der Waals surface area (Å²) < 4.78 is 5.21. The average molecular weight is 276 g/mol. The largest absolute Gasteiger partial charge is 0.423 e. The van der Waals surface area contributed by atoms with E-state index in [0.717, 1.165) is 11.3 Å². The van der Waals surface area contributed by atoms with Gasteiger partial charge >= 0.3 is 5.97 Å². The number of hydrogen-bond acceptors (Lipinski definition) is 4. The maximum Gasteiger partial charge on any atom is 0.331 e. The fraction of sp³-hybridized carbons (Fsp3) is 0.467. The van der Waals surface area contributed by atoms with Crippen LogP contribution in [0.4, 0.5) is 5.69 Å². The van der Waals surface area contributed by atoms with Crippen LogP contribution in [0.3, 0.4) is 0 Å². The van der Waals surface area contributed by atoms with Gasteiger partial charge in [0.1, 0.15) is 6.54 Å². The molecule has 0 atom stereocenters. The van der Waals surface area contributed by atoms with E-state index in [2.05, 4.69) is 5.32 Å². The van der Waals surface area contributed by atoms with Gasteiger partial charge in [0.2, 0.25) is 5.91 Å². The van der Waals surface area contributed by atoms with Crippen molar-refractivity contribution < 1.29 is 14.3 Å². The SMILES string of the molecule is Cc1ccc2c(c1)OC(=O)CN2CC(=O)NC(C)(C)C. The Morgan fingerprint density at radius 2 is 2.10 bits per heavy atom. The lowest BCUT2D eigenvalue weighted by Gasteiger charge is -2.30. The van der Waals surface area contributed by atoms with E-state index in [1.54, 1.807) is 11.0 Å². The second-order valence-corrected chi connectivity index (χ2v) is 6.10. The third-order valence-corrected chi connectivity index (χ3v) is 2.85. The molecule has 0 aromatic heterocycles. The minimum Gasteiger partial charge on any atom is -0.423 e. The predicted molar refractivity (Wildman–Crippen MR) is 76.9 cm³/mol. The van der Waals surface area contributed by atoms with E-state index in [0.29, 0.717) is 5.75 Å². The highest BCUT2D eigenvalue weighted by atomic mass is 16.5. The average Bonchev–Trinajstić information content (AvgIpc) is 2.24. The fourth-order valence-corrected chi connectivity index (χ4v) is 2.13. The van der Waals surface area contributed by atoms with Gasteiger partial charge in [-0.2, -0.15) is 0 Å². The minimum atomic E-state index is -0.341. The highest BCUT2D eigenvalue weighted by Crippen LogP contribution is 2.32. The number of rotatable bonds is 2. The van der Waals surface area contributed by atoms with Gasteiger partial charge in [-0.15, -0.1) is 0 Å². The fourth-order valence-electron chi connectivity index (χ4n) is 2.13. The zero-order chi connectivity index (χ0) is 14.9. The van der Waals surface area contributed by atoms with Gasteiger partial charge in [-0.3, -0.25) is 4.79 Å². The highest BCUT2D eigenvalue weighted by molar-refractivity contribution is 5.89. The zero-order valence-electron chi connectivity index (χ0n) is 12.3. The van der Waals surface area contributed by atoms with Crippen molar-refractivity contribution >= 4 is 17.6 Å². The van der Waals surface area contributed by atoms with Crippen LogP contribution in [-0.2, 0) is 9.59 Å². The van der Waals surface area contributed by atoms with Gasteiger partial charge in [-0.25, -0.2) is 4.79 Å². The van der Waals surface area contributed by atoms with Crippen LogP contribution in [0.25, 0.3) is 0 Å². The van der Waals surface area contributed by atoms with E-state index in [1.165, 1.54) is 0 Å². The number of anilines is 1. The zero-order valence-corrected chi connectivity index (χ0v) is 12.3. The van der Waals surface area contributed by atoms with E-state index in [4.69, 9.17) is 4.74 Å². The molecule has 0 saturated heterocycles. The molecule has 1 aliphatic rings. The lowest BCUT2D eigenvalue weighted by molar-refractivity contribution is -0.133.